The van der Waals surface area contributed by atoms with E-state index in [4.69, 9.17) is 5.73 Å². The third-order valence-electron chi connectivity index (χ3n) is 4.12. The molecular weight excluding hydrogens is 288 g/mol. The van der Waals surface area contributed by atoms with Crippen molar-refractivity contribution in [2.45, 2.75) is 38.8 Å². The summed E-state index contributed by atoms with van der Waals surface area (Å²) in [5.41, 5.74) is 7.32. The summed E-state index contributed by atoms with van der Waals surface area (Å²) in [6.07, 6.45) is 2.52. The minimum absolute atomic E-state index is 0.448. The predicted molar refractivity (Wildman–Crippen MR) is 80.5 cm³/mol. The van der Waals surface area contributed by atoms with E-state index in [1.165, 1.54) is 18.4 Å². The molecule has 3 heteroatoms. The first-order valence-corrected chi connectivity index (χ1v) is 7.62. The Morgan fingerprint density at radius 2 is 2.28 bits per heavy atom. The molecule has 2 nitrogen and oxygen atoms in total. The zero-order valence-electron chi connectivity index (χ0n) is 11.3. The zero-order chi connectivity index (χ0) is 13.1. The molecule has 1 aromatic carbocycles. The summed E-state index contributed by atoms with van der Waals surface area (Å²) < 4.78 is 1.15. The number of likely N-dealkylation sites (tertiary alicyclic amines) is 1. The van der Waals surface area contributed by atoms with Gasteiger partial charge in [0.2, 0.25) is 0 Å². The molecule has 3 unspecified atom stereocenters. The first-order valence-electron chi connectivity index (χ1n) is 6.83. The normalized spacial score (nSPS) is 27.1. The lowest BCUT2D eigenvalue weighted by atomic mass is 9.90. The van der Waals surface area contributed by atoms with Gasteiger partial charge in [-0.25, -0.2) is 0 Å². The number of benzene rings is 1. The molecule has 1 aliphatic heterocycles. The monoisotopic (exact) mass is 310 g/mol. The second-order valence-electron chi connectivity index (χ2n) is 5.49. The zero-order valence-corrected chi connectivity index (χ0v) is 12.9. The Morgan fingerprint density at radius 3 is 2.94 bits per heavy atom. The maximum absolute atomic E-state index is 5.95. The molecule has 1 aliphatic rings. The summed E-state index contributed by atoms with van der Waals surface area (Å²) in [7, 11) is 0. The van der Waals surface area contributed by atoms with Crippen molar-refractivity contribution in [1.29, 1.82) is 0 Å². The van der Waals surface area contributed by atoms with Gasteiger partial charge in [0.25, 0.3) is 0 Å². The second kappa shape index (κ2) is 6.18. The maximum atomic E-state index is 5.95. The number of hydrogen-bond acceptors (Lipinski definition) is 2. The van der Waals surface area contributed by atoms with Crippen molar-refractivity contribution in [2.24, 2.45) is 11.7 Å². The molecule has 1 fully saturated rings. The molecule has 0 spiro atoms. The second-order valence-corrected chi connectivity index (χ2v) is 6.40. The van der Waals surface area contributed by atoms with Crippen LogP contribution in [0.4, 0.5) is 0 Å². The Bertz CT molecular complexity index is 394. The molecule has 1 aromatic rings. The Kier molecular flexibility index (Phi) is 4.82. The molecule has 1 saturated heterocycles. The summed E-state index contributed by atoms with van der Waals surface area (Å²) >= 11 is 3.55. The van der Waals surface area contributed by atoms with Crippen molar-refractivity contribution in [1.82, 2.24) is 4.90 Å². The van der Waals surface area contributed by atoms with Crippen LogP contribution in [0.2, 0.25) is 0 Å². The van der Waals surface area contributed by atoms with E-state index in [-0.39, 0.29) is 0 Å². The molecular formula is C15H23BrN2. The molecule has 0 radical (unpaired) electrons. The molecule has 0 aliphatic carbocycles. The summed E-state index contributed by atoms with van der Waals surface area (Å²) in [6.45, 7) is 6.56. The van der Waals surface area contributed by atoms with Crippen LogP contribution in [0, 0.1) is 5.92 Å². The minimum atomic E-state index is 0.448. The largest absolute Gasteiger partial charge is 0.329 e. The van der Waals surface area contributed by atoms with E-state index in [1.807, 2.05) is 0 Å². The van der Waals surface area contributed by atoms with Crippen molar-refractivity contribution in [3.8, 4) is 0 Å². The van der Waals surface area contributed by atoms with Gasteiger partial charge in [0, 0.05) is 23.1 Å². The minimum Gasteiger partial charge on any atom is -0.329 e. The van der Waals surface area contributed by atoms with Gasteiger partial charge in [0.15, 0.2) is 0 Å². The van der Waals surface area contributed by atoms with Gasteiger partial charge in [-0.1, -0.05) is 35.0 Å². The Hall–Kier alpha value is -0.380. The van der Waals surface area contributed by atoms with Crippen molar-refractivity contribution in [2.75, 3.05) is 13.1 Å². The topological polar surface area (TPSA) is 29.3 Å². The van der Waals surface area contributed by atoms with Gasteiger partial charge in [0.1, 0.15) is 0 Å². The van der Waals surface area contributed by atoms with E-state index in [9.17, 15) is 0 Å². The fourth-order valence-electron chi connectivity index (χ4n) is 2.97. The lowest BCUT2D eigenvalue weighted by Gasteiger charge is -2.42. The van der Waals surface area contributed by atoms with E-state index in [2.05, 4.69) is 58.9 Å². The quantitative estimate of drug-likeness (QED) is 0.924. The van der Waals surface area contributed by atoms with Crippen LogP contribution in [0.25, 0.3) is 0 Å². The van der Waals surface area contributed by atoms with Crippen LogP contribution < -0.4 is 5.73 Å². The maximum Gasteiger partial charge on any atom is 0.0323 e. The average molecular weight is 311 g/mol. The van der Waals surface area contributed by atoms with Crippen LogP contribution in [0.15, 0.2) is 28.7 Å². The van der Waals surface area contributed by atoms with Crippen molar-refractivity contribution in [3.63, 3.8) is 0 Å². The Balaban J connectivity index is 2.14. The van der Waals surface area contributed by atoms with Gasteiger partial charge in [0.05, 0.1) is 0 Å². The molecule has 18 heavy (non-hydrogen) atoms. The summed E-state index contributed by atoms with van der Waals surface area (Å²) in [6, 6.07) is 9.60. The SMILES string of the molecule is CC1CCN(C(C)c2cccc(Br)c2)C(CN)C1. The predicted octanol–water partition coefficient (Wildman–Crippen LogP) is 3.57. The van der Waals surface area contributed by atoms with Gasteiger partial charge in [-0.05, 0) is 49.9 Å². The number of piperidine rings is 1. The van der Waals surface area contributed by atoms with Gasteiger partial charge >= 0.3 is 0 Å². The van der Waals surface area contributed by atoms with Crippen LogP contribution in [0.5, 0.6) is 0 Å². The lowest BCUT2D eigenvalue weighted by molar-refractivity contribution is 0.0834. The van der Waals surface area contributed by atoms with Crippen molar-refractivity contribution < 1.29 is 0 Å². The fraction of sp³-hybridized carbons (Fsp3) is 0.600. The number of hydrogen-bond donors (Lipinski definition) is 1. The molecule has 2 N–H and O–H groups in total. The molecule has 0 aromatic heterocycles. The number of nitrogens with two attached hydrogens (primary N) is 1. The Labute approximate surface area is 119 Å². The van der Waals surface area contributed by atoms with Crippen LogP contribution in [-0.2, 0) is 0 Å². The van der Waals surface area contributed by atoms with Crippen LogP contribution >= 0.6 is 15.9 Å². The molecule has 100 valence electrons. The van der Waals surface area contributed by atoms with Gasteiger partial charge < -0.3 is 5.73 Å². The Morgan fingerprint density at radius 1 is 1.50 bits per heavy atom. The van der Waals surface area contributed by atoms with Crippen LogP contribution in [-0.4, -0.2) is 24.0 Å². The van der Waals surface area contributed by atoms with E-state index in [0.29, 0.717) is 12.1 Å². The fourth-order valence-corrected chi connectivity index (χ4v) is 3.39. The van der Waals surface area contributed by atoms with E-state index in [0.717, 1.165) is 23.5 Å². The van der Waals surface area contributed by atoms with Crippen molar-refractivity contribution in [3.05, 3.63) is 34.3 Å². The van der Waals surface area contributed by atoms with Gasteiger partial charge in [-0.15, -0.1) is 0 Å². The number of halogens is 1. The highest BCUT2D eigenvalue weighted by molar-refractivity contribution is 9.10. The standard InChI is InChI=1S/C15H23BrN2/c1-11-6-7-18(15(8-11)10-17)12(2)13-4-3-5-14(16)9-13/h3-5,9,11-12,15H,6-8,10,17H2,1-2H3. The number of rotatable bonds is 3. The van der Waals surface area contributed by atoms with Gasteiger partial charge in [-0.2, -0.15) is 0 Å². The molecule has 0 bridgehead atoms. The van der Waals surface area contributed by atoms with Gasteiger partial charge in [-0.3, -0.25) is 4.90 Å². The highest BCUT2D eigenvalue weighted by atomic mass is 79.9. The molecule has 3 atom stereocenters. The lowest BCUT2D eigenvalue weighted by Crippen LogP contribution is -2.47. The summed E-state index contributed by atoms with van der Waals surface area (Å²) in [4.78, 5) is 2.57. The summed E-state index contributed by atoms with van der Waals surface area (Å²) in [5.74, 6) is 0.810. The van der Waals surface area contributed by atoms with Crippen LogP contribution in [0.3, 0.4) is 0 Å². The molecule has 0 amide bonds. The van der Waals surface area contributed by atoms with E-state index >= 15 is 0 Å². The highest BCUT2D eigenvalue weighted by Crippen LogP contribution is 2.31. The molecule has 0 saturated carbocycles. The smallest absolute Gasteiger partial charge is 0.0323 e. The molecule has 2 rings (SSSR count). The third-order valence-corrected chi connectivity index (χ3v) is 4.62. The first-order chi connectivity index (χ1) is 8.61. The molecule has 1 heterocycles. The third kappa shape index (κ3) is 3.14. The van der Waals surface area contributed by atoms with Crippen LogP contribution in [0.1, 0.15) is 38.3 Å². The van der Waals surface area contributed by atoms with E-state index in [1.54, 1.807) is 0 Å². The average Bonchev–Trinajstić information content (AvgIpc) is 2.37. The number of nitrogens with zero attached hydrogens (tertiary/aromatic N) is 1. The highest BCUT2D eigenvalue weighted by Gasteiger charge is 2.29. The van der Waals surface area contributed by atoms with E-state index < -0.39 is 0 Å². The summed E-state index contributed by atoms with van der Waals surface area (Å²) in [5, 5.41) is 0. The first kappa shape index (κ1) is 14.0. The van der Waals surface area contributed by atoms with Crippen molar-refractivity contribution >= 4 is 15.9 Å².